The van der Waals surface area contributed by atoms with Gasteiger partial charge in [-0.15, -0.1) is 11.3 Å². The van der Waals surface area contributed by atoms with Crippen LogP contribution < -0.4 is 11.3 Å². The van der Waals surface area contributed by atoms with Crippen LogP contribution in [0.2, 0.25) is 0 Å². The molecule has 0 saturated carbocycles. The highest BCUT2D eigenvalue weighted by Crippen LogP contribution is 2.23. The van der Waals surface area contributed by atoms with Crippen LogP contribution in [0, 0.1) is 6.92 Å². The SMILES string of the molecule is Cc1sc(C(=O)NN)cc1CN(C)CC(C)(C)O. The number of carbonyl (C=O) groups excluding carboxylic acids is 1. The van der Waals surface area contributed by atoms with E-state index in [2.05, 4.69) is 5.43 Å². The minimum absolute atomic E-state index is 0.264. The molecule has 1 aromatic heterocycles. The third kappa shape index (κ3) is 4.38. The highest BCUT2D eigenvalue weighted by Gasteiger charge is 2.18. The summed E-state index contributed by atoms with van der Waals surface area (Å²) in [6, 6.07) is 1.85. The molecule has 1 rings (SSSR count). The highest BCUT2D eigenvalue weighted by molar-refractivity contribution is 7.14. The van der Waals surface area contributed by atoms with Gasteiger partial charge in [0.05, 0.1) is 10.5 Å². The van der Waals surface area contributed by atoms with Crippen molar-refractivity contribution in [1.82, 2.24) is 10.3 Å². The minimum atomic E-state index is -0.726. The number of thiophene rings is 1. The van der Waals surface area contributed by atoms with Gasteiger partial charge in [-0.2, -0.15) is 0 Å². The maximum Gasteiger partial charge on any atom is 0.275 e. The number of nitrogens with zero attached hydrogens (tertiary/aromatic N) is 1. The molecule has 18 heavy (non-hydrogen) atoms. The molecule has 0 atom stereocenters. The molecule has 0 bridgehead atoms. The minimum Gasteiger partial charge on any atom is -0.389 e. The molecule has 0 radical (unpaired) electrons. The molecule has 6 heteroatoms. The van der Waals surface area contributed by atoms with Crippen molar-refractivity contribution in [1.29, 1.82) is 0 Å². The van der Waals surface area contributed by atoms with Gasteiger partial charge in [-0.25, -0.2) is 5.84 Å². The average molecular weight is 271 g/mol. The largest absolute Gasteiger partial charge is 0.389 e. The lowest BCUT2D eigenvalue weighted by Crippen LogP contribution is -2.35. The number of aryl methyl sites for hydroxylation is 1. The predicted molar refractivity (Wildman–Crippen MR) is 73.3 cm³/mol. The summed E-state index contributed by atoms with van der Waals surface area (Å²) in [6.45, 7) is 6.80. The topological polar surface area (TPSA) is 78.6 Å². The molecule has 0 fully saturated rings. The molecule has 0 unspecified atom stereocenters. The number of hydrazine groups is 1. The summed E-state index contributed by atoms with van der Waals surface area (Å²) in [4.78, 5) is 15.1. The third-order valence-electron chi connectivity index (χ3n) is 2.47. The quantitative estimate of drug-likeness (QED) is 0.422. The molecular formula is C12H21N3O2S. The van der Waals surface area contributed by atoms with Gasteiger partial charge in [-0.1, -0.05) is 0 Å². The zero-order chi connectivity index (χ0) is 13.9. The molecule has 0 spiro atoms. The lowest BCUT2D eigenvalue weighted by molar-refractivity contribution is 0.0424. The summed E-state index contributed by atoms with van der Waals surface area (Å²) in [5.74, 6) is 4.85. The van der Waals surface area contributed by atoms with Crippen LogP contribution in [0.25, 0.3) is 0 Å². The second-order valence-corrected chi connectivity index (χ2v) is 6.41. The van der Waals surface area contributed by atoms with Crippen LogP contribution in [0.15, 0.2) is 6.07 Å². The fraction of sp³-hybridized carbons (Fsp3) is 0.583. The summed E-state index contributed by atoms with van der Waals surface area (Å²) in [5, 5.41) is 9.75. The van der Waals surface area contributed by atoms with E-state index in [1.165, 1.54) is 11.3 Å². The number of hydrogen-bond acceptors (Lipinski definition) is 5. The molecule has 0 aromatic carbocycles. The molecule has 1 amide bonds. The van der Waals surface area contributed by atoms with Crippen molar-refractivity contribution in [2.75, 3.05) is 13.6 Å². The molecule has 4 N–H and O–H groups in total. The van der Waals surface area contributed by atoms with Crippen molar-refractivity contribution in [2.24, 2.45) is 5.84 Å². The molecular weight excluding hydrogens is 250 g/mol. The Balaban J connectivity index is 2.73. The lowest BCUT2D eigenvalue weighted by atomic mass is 10.1. The fourth-order valence-electron chi connectivity index (χ4n) is 1.87. The monoisotopic (exact) mass is 271 g/mol. The first kappa shape index (κ1) is 15.1. The van der Waals surface area contributed by atoms with Gasteiger partial charge in [0.15, 0.2) is 0 Å². The van der Waals surface area contributed by atoms with Crippen molar-refractivity contribution >= 4 is 17.2 Å². The molecule has 0 saturated heterocycles. The van der Waals surface area contributed by atoms with Crippen molar-refractivity contribution in [2.45, 2.75) is 32.9 Å². The fourth-order valence-corrected chi connectivity index (χ4v) is 2.80. The van der Waals surface area contributed by atoms with Gasteiger partial charge in [0, 0.05) is 18.0 Å². The molecule has 5 nitrogen and oxygen atoms in total. The summed E-state index contributed by atoms with van der Waals surface area (Å²) < 4.78 is 0. The number of likely N-dealkylation sites (N-methyl/N-ethyl adjacent to an activating group) is 1. The van der Waals surface area contributed by atoms with Gasteiger partial charge in [0.2, 0.25) is 0 Å². The number of amides is 1. The lowest BCUT2D eigenvalue weighted by Gasteiger charge is -2.25. The Morgan fingerprint density at radius 3 is 2.72 bits per heavy atom. The normalized spacial score (nSPS) is 11.9. The first-order valence-corrected chi connectivity index (χ1v) is 6.56. The molecule has 0 aliphatic heterocycles. The second-order valence-electron chi connectivity index (χ2n) is 5.15. The van der Waals surface area contributed by atoms with Crippen molar-refractivity contribution in [3.8, 4) is 0 Å². The first-order valence-electron chi connectivity index (χ1n) is 5.74. The average Bonchev–Trinajstić information content (AvgIpc) is 2.56. The number of hydrogen-bond donors (Lipinski definition) is 3. The summed E-state index contributed by atoms with van der Waals surface area (Å²) >= 11 is 1.43. The van der Waals surface area contributed by atoms with Gasteiger partial charge >= 0.3 is 0 Å². The molecule has 1 heterocycles. The highest BCUT2D eigenvalue weighted by atomic mass is 32.1. The van der Waals surface area contributed by atoms with Crippen molar-refractivity contribution < 1.29 is 9.90 Å². The van der Waals surface area contributed by atoms with Crippen LogP contribution in [-0.4, -0.2) is 35.1 Å². The summed E-state index contributed by atoms with van der Waals surface area (Å²) in [5.41, 5.74) is 2.49. The smallest absolute Gasteiger partial charge is 0.275 e. The van der Waals surface area contributed by atoms with Crippen LogP contribution in [0.3, 0.4) is 0 Å². The van der Waals surface area contributed by atoms with E-state index in [-0.39, 0.29) is 5.91 Å². The Bertz CT molecular complexity index is 423. The Hall–Kier alpha value is -0.950. The van der Waals surface area contributed by atoms with E-state index >= 15 is 0 Å². The van der Waals surface area contributed by atoms with Gasteiger partial charge < -0.3 is 5.11 Å². The number of nitrogens with two attached hydrogens (primary N) is 1. The van der Waals surface area contributed by atoms with E-state index in [9.17, 15) is 9.90 Å². The number of rotatable bonds is 5. The van der Waals surface area contributed by atoms with E-state index < -0.39 is 5.60 Å². The van der Waals surface area contributed by atoms with Crippen LogP contribution in [0.1, 0.15) is 34.0 Å². The first-order chi connectivity index (χ1) is 8.23. The van der Waals surface area contributed by atoms with E-state index in [0.29, 0.717) is 18.0 Å². The summed E-state index contributed by atoms with van der Waals surface area (Å²) in [6.07, 6.45) is 0. The number of nitrogen functional groups attached to an aromatic ring is 1. The van der Waals surface area contributed by atoms with E-state index in [0.717, 1.165) is 10.4 Å². The van der Waals surface area contributed by atoms with E-state index in [1.807, 2.05) is 24.9 Å². The third-order valence-corrected chi connectivity index (χ3v) is 3.56. The van der Waals surface area contributed by atoms with E-state index in [4.69, 9.17) is 5.84 Å². The van der Waals surface area contributed by atoms with Crippen LogP contribution >= 0.6 is 11.3 Å². The Labute approximate surface area is 112 Å². The Kier molecular flexibility index (Phi) is 4.86. The van der Waals surface area contributed by atoms with Crippen LogP contribution in [-0.2, 0) is 6.54 Å². The number of carbonyl (C=O) groups is 1. The van der Waals surface area contributed by atoms with Crippen LogP contribution in [0.4, 0.5) is 0 Å². The molecule has 0 aliphatic carbocycles. The van der Waals surface area contributed by atoms with Crippen molar-refractivity contribution in [3.05, 3.63) is 21.4 Å². The van der Waals surface area contributed by atoms with E-state index in [1.54, 1.807) is 13.8 Å². The zero-order valence-corrected chi connectivity index (χ0v) is 12.1. The van der Waals surface area contributed by atoms with Gasteiger partial charge in [0.1, 0.15) is 0 Å². The van der Waals surface area contributed by atoms with Gasteiger partial charge in [-0.05, 0) is 39.4 Å². The standard InChI is InChI=1S/C12H21N3O2S/c1-8-9(5-10(18-8)11(16)14-13)6-15(4)7-12(2,3)17/h5,17H,6-7,13H2,1-4H3,(H,14,16). The van der Waals surface area contributed by atoms with Crippen LogP contribution in [0.5, 0.6) is 0 Å². The zero-order valence-electron chi connectivity index (χ0n) is 11.3. The van der Waals surface area contributed by atoms with Gasteiger partial charge in [-0.3, -0.25) is 15.1 Å². The maximum absolute atomic E-state index is 11.4. The summed E-state index contributed by atoms with van der Waals surface area (Å²) in [7, 11) is 1.94. The number of nitrogens with one attached hydrogen (secondary N) is 1. The number of aliphatic hydroxyl groups is 1. The Morgan fingerprint density at radius 1 is 1.61 bits per heavy atom. The predicted octanol–water partition coefficient (Wildman–Crippen LogP) is 0.863. The molecule has 1 aromatic rings. The Morgan fingerprint density at radius 2 is 2.22 bits per heavy atom. The van der Waals surface area contributed by atoms with Crippen molar-refractivity contribution in [3.63, 3.8) is 0 Å². The van der Waals surface area contributed by atoms with Gasteiger partial charge in [0.25, 0.3) is 5.91 Å². The molecule has 102 valence electrons. The maximum atomic E-state index is 11.4. The molecule has 0 aliphatic rings. The second kappa shape index (κ2) is 5.79.